The van der Waals surface area contributed by atoms with Gasteiger partial charge in [0.1, 0.15) is 0 Å². The normalized spacial score (nSPS) is 15.0. The van der Waals surface area contributed by atoms with E-state index >= 15 is 0 Å². The van der Waals surface area contributed by atoms with E-state index in [0.29, 0.717) is 29.1 Å². The number of ketones is 1. The van der Waals surface area contributed by atoms with Gasteiger partial charge in [0.2, 0.25) is 10.0 Å². The second-order valence-electron chi connectivity index (χ2n) is 6.54. The highest BCUT2D eigenvalue weighted by Crippen LogP contribution is 2.49. The molecule has 1 aliphatic rings. The van der Waals surface area contributed by atoms with Crippen molar-refractivity contribution >= 4 is 39.1 Å². The van der Waals surface area contributed by atoms with Crippen LogP contribution in [0.15, 0.2) is 48.5 Å². The molecule has 0 heterocycles. The zero-order chi connectivity index (χ0) is 19.7. The lowest BCUT2D eigenvalue weighted by Crippen LogP contribution is -2.25. The Morgan fingerprint density at radius 2 is 1.67 bits per heavy atom. The highest BCUT2D eigenvalue weighted by atomic mass is 35.5. The molecule has 0 spiro atoms. The van der Waals surface area contributed by atoms with Crippen LogP contribution in [-0.4, -0.2) is 33.0 Å². The first-order valence-electron chi connectivity index (χ1n) is 8.24. The van der Waals surface area contributed by atoms with Gasteiger partial charge in [-0.05, 0) is 54.8 Å². The van der Waals surface area contributed by atoms with E-state index < -0.39 is 21.4 Å². The fraction of sp³-hybridized carbons (Fsp3) is 0.263. The quantitative estimate of drug-likeness (QED) is 0.562. The fourth-order valence-electron chi connectivity index (χ4n) is 2.80. The number of rotatable bonds is 7. The van der Waals surface area contributed by atoms with Crippen LogP contribution in [0.3, 0.4) is 0 Å². The Hall–Kier alpha value is -2.38. The standard InChI is InChI=1S/C19H18ClNO5S/c1-27(24,25)21-16-8-2-13(3-9-16)17(22)12-26-18(23)19(10-11-19)14-4-6-15(20)7-5-14/h2-9,21H,10-12H2,1H3. The summed E-state index contributed by atoms with van der Waals surface area (Å²) < 4.78 is 29.9. The topological polar surface area (TPSA) is 89.5 Å². The van der Waals surface area contributed by atoms with Crippen molar-refractivity contribution in [2.75, 3.05) is 17.6 Å². The number of anilines is 1. The molecular weight excluding hydrogens is 390 g/mol. The van der Waals surface area contributed by atoms with Gasteiger partial charge in [-0.3, -0.25) is 14.3 Å². The molecule has 1 fully saturated rings. The minimum Gasteiger partial charge on any atom is -0.457 e. The number of carbonyl (C=O) groups is 2. The number of hydrogen-bond acceptors (Lipinski definition) is 5. The van der Waals surface area contributed by atoms with E-state index in [-0.39, 0.29) is 12.4 Å². The van der Waals surface area contributed by atoms with E-state index in [1.165, 1.54) is 24.3 Å². The van der Waals surface area contributed by atoms with Crippen molar-refractivity contribution in [3.63, 3.8) is 0 Å². The van der Waals surface area contributed by atoms with Gasteiger partial charge >= 0.3 is 5.97 Å². The monoisotopic (exact) mass is 407 g/mol. The Labute approximate surface area is 162 Å². The van der Waals surface area contributed by atoms with Gasteiger partial charge in [-0.2, -0.15) is 0 Å². The fourth-order valence-corrected chi connectivity index (χ4v) is 3.49. The molecule has 0 aromatic heterocycles. The lowest BCUT2D eigenvalue weighted by atomic mass is 9.96. The molecule has 0 unspecified atom stereocenters. The molecule has 1 N–H and O–H groups in total. The van der Waals surface area contributed by atoms with Crippen LogP contribution in [0.2, 0.25) is 5.02 Å². The predicted octanol–water partition coefficient (Wildman–Crippen LogP) is 3.17. The van der Waals surface area contributed by atoms with Crippen molar-refractivity contribution < 1.29 is 22.7 Å². The molecule has 3 rings (SSSR count). The average molecular weight is 408 g/mol. The molecular formula is C19H18ClNO5S. The maximum absolute atomic E-state index is 12.5. The number of Topliss-reactive ketones (excluding diaryl/α,β-unsaturated/α-hetero) is 1. The smallest absolute Gasteiger partial charge is 0.317 e. The molecule has 2 aromatic carbocycles. The second kappa shape index (κ2) is 7.32. The Morgan fingerprint density at radius 3 is 2.19 bits per heavy atom. The SMILES string of the molecule is CS(=O)(=O)Nc1ccc(C(=O)COC(=O)C2(c3ccc(Cl)cc3)CC2)cc1. The number of benzene rings is 2. The molecule has 0 saturated heterocycles. The third kappa shape index (κ3) is 4.67. The molecule has 2 aromatic rings. The van der Waals surface area contributed by atoms with E-state index in [1.54, 1.807) is 24.3 Å². The van der Waals surface area contributed by atoms with Crippen molar-refractivity contribution in [2.24, 2.45) is 0 Å². The van der Waals surface area contributed by atoms with Crippen LogP contribution in [0, 0.1) is 0 Å². The second-order valence-corrected chi connectivity index (χ2v) is 8.72. The Balaban J connectivity index is 1.60. The van der Waals surface area contributed by atoms with Gasteiger partial charge in [-0.1, -0.05) is 23.7 Å². The number of ether oxygens (including phenoxy) is 1. The lowest BCUT2D eigenvalue weighted by molar-refractivity contribution is -0.145. The Morgan fingerprint density at radius 1 is 1.07 bits per heavy atom. The first kappa shape index (κ1) is 19.4. The van der Waals surface area contributed by atoms with Crippen molar-refractivity contribution in [3.8, 4) is 0 Å². The van der Waals surface area contributed by atoms with Gasteiger partial charge in [-0.15, -0.1) is 0 Å². The van der Waals surface area contributed by atoms with Crippen LogP contribution in [-0.2, 0) is 25.0 Å². The molecule has 1 aliphatic carbocycles. The maximum atomic E-state index is 12.5. The van der Waals surface area contributed by atoms with Gasteiger partial charge in [-0.25, -0.2) is 8.42 Å². The molecule has 6 nitrogen and oxygen atoms in total. The van der Waals surface area contributed by atoms with E-state index in [1.807, 2.05) is 0 Å². The molecule has 0 amide bonds. The maximum Gasteiger partial charge on any atom is 0.317 e. The molecule has 142 valence electrons. The summed E-state index contributed by atoms with van der Waals surface area (Å²) in [5.74, 6) is -0.783. The molecule has 0 radical (unpaired) electrons. The summed E-state index contributed by atoms with van der Waals surface area (Å²) in [5.41, 5.74) is 0.832. The summed E-state index contributed by atoms with van der Waals surface area (Å²) in [6, 6.07) is 13.0. The van der Waals surface area contributed by atoms with Crippen LogP contribution < -0.4 is 4.72 Å². The van der Waals surface area contributed by atoms with E-state index in [4.69, 9.17) is 16.3 Å². The minimum atomic E-state index is -3.38. The van der Waals surface area contributed by atoms with Crippen molar-refractivity contribution in [3.05, 3.63) is 64.7 Å². The number of hydrogen-bond donors (Lipinski definition) is 1. The zero-order valence-electron chi connectivity index (χ0n) is 14.6. The summed E-state index contributed by atoms with van der Waals surface area (Å²) in [4.78, 5) is 24.7. The highest BCUT2D eigenvalue weighted by Gasteiger charge is 2.52. The summed E-state index contributed by atoms with van der Waals surface area (Å²) in [6.45, 7) is -0.368. The molecule has 8 heteroatoms. The Kier molecular flexibility index (Phi) is 5.26. The van der Waals surface area contributed by atoms with Crippen LogP contribution in [0.4, 0.5) is 5.69 Å². The summed E-state index contributed by atoms with van der Waals surface area (Å²) >= 11 is 5.88. The van der Waals surface area contributed by atoms with Gasteiger partial charge < -0.3 is 4.74 Å². The van der Waals surface area contributed by atoms with Gasteiger partial charge in [0, 0.05) is 16.3 Å². The predicted molar refractivity (Wildman–Crippen MR) is 103 cm³/mol. The van der Waals surface area contributed by atoms with Gasteiger partial charge in [0.15, 0.2) is 12.4 Å². The Bertz CT molecular complexity index is 964. The highest BCUT2D eigenvalue weighted by molar-refractivity contribution is 7.92. The van der Waals surface area contributed by atoms with Crippen LogP contribution >= 0.6 is 11.6 Å². The summed E-state index contributed by atoms with van der Waals surface area (Å²) in [7, 11) is -3.38. The molecule has 27 heavy (non-hydrogen) atoms. The zero-order valence-corrected chi connectivity index (χ0v) is 16.1. The number of nitrogens with one attached hydrogen (secondary N) is 1. The molecule has 0 aliphatic heterocycles. The lowest BCUT2D eigenvalue weighted by Gasteiger charge is -2.14. The van der Waals surface area contributed by atoms with Crippen LogP contribution in [0.1, 0.15) is 28.8 Å². The summed E-state index contributed by atoms with van der Waals surface area (Å²) in [6.07, 6.45) is 2.39. The third-order valence-electron chi connectivity index (χ3n) is 4.38. The molecule has 0 atom stereocenters. The first-order chi connectivity index (χ1) is 12.7. The average Bonchev–Trinajstić information content (AvgIpc) is 3.41. The number of carbonyl (C=O) groups excluding carboxylic acids is 2. The van der Waals surface area contributed by atoms with Crippen molar-refractivity contribution in [1.29, 1.82) is 0 Å². The van der Waals surface area contributed by atoms with Crippen LogP contribution in [0.5, 0.6) is 0 Å². The van der Waals surface area contributed by atoms with Crippen molar-refractivity contribution in [2.45, 2.75) is 18.3 Å². The summed E-state index contributed by atoms with van der Waals surface area (Å²) in [5, 5.41) is 0.590. The van der Waals surface area contributed by atoms with E-state index in [0.717, 1.165) is 11.8 Å². The van der Waals surface area contributed by atoms with Crippen molar-refractivity contribution in [1.82, 2.24) is 0 Å². The number of esters is 1. The van der Waals surface area contributed by atoms with Crippen LogP contribution in [0.25, 0.3) is 0 Å². The first-order valence-corrected chi connectivity index (χ1v) is 10.5. The largest absolute Gasteiger partial charge is 0.457 e. The third-order valence-corrected chi connectivity index (χ3v) is 5.24. The van der Waals surface area contributed by atoms with E-state index in [9.17, 15) is 18.0 Å². The number of halogens is 1. The van der Waals surface area contributed by atoms with Gasteiger partial charge in [0.05, 0.1) is 11.7 Å². The number of sulfonamides is 1. The van der Waals surface area contributed by atoms with Gasteiger partial charge in [0.25, 0.3) is 0 Å². The molecule has 0 bridgehead atoms. The minimum absolute atomic E-state index is 0.332. The molecule has 1 saturated carbocycles. The van der Waals surface area contributed by atoms with E-state index in [2.05, 4.69) is 4.72 Å².